The number of anilines is 1. The van der Waals surface area contributed by atoms with Crippen LogP contribution in [0.15, 0.2) is 70.0 Å². The minimum Gasteiger partial charge on any atom is -0.457 e. The Morgan fingerprint density at radius 2 is 1.79 bits per heavy atom. The maximum absolute atomic E-state index is 12.7. The molecule has 1 aliphatic rings. The topological polar surface area (TPSA) is 123 Å². The lowest BCUT2D eigenvalue weighted by atomic mass is 10.1. The van der Waals surface area contributed by atoms with E-state index in [0.29, 0.717) is 22.8 Å². The number of rotatable bonds is 6. The molecule has 2 heterocycles. The summed E-state index contributed by atoms with van der Waals surface area (Å²) >= 11 is 0.721. The quantitative estimate of drug-likeness (QED) is 0.315. The van der Waals surface area contributed by atoms with Crippen LogP contribution in [0.25, 0.3) is 17.4 Å². The standard InChI is InChI=1S/C23H17N3O6S/c1-14-2-6-16(7-3-14)24-21(27)13-25-22(28)20(33-23(25)29)12-18-10-11-19(32-18)15-4-8-17(9-5-15)26(30)31/h2-12H,13H2,1H3,(H,24,27)/b20-12-. The van der Waals surface area contributed by atoms with Crippen LogP contribution in [-0.2, 0) is 9.59 Å². The second kappa shape index (κ2) is 9.13. The average Bonchev–Trinajstić information content (AvgIpc) is 3.36. The lowest BCUT2D eigenvalue weighted by Gasteiger charge is -2.12. The van der Waals surface area contributed by atoms with E-state index in [2.05, 4.69) is 5.32 Å². The van der Waals surface area contributed by atoms with Crippen LogP contribution in [0.3, 0.4) is 0 Å². The maximum atomic E-state index is 12.7. The highest BCUT2D eigenvalue weighted by molar-refractivity contribution is 8.18. The Labute approximate surface area is 192 Å². The first-order valence-corrected chi connectivity index (χ1v) is 10.6. The fourth-order valence-corrected chi connectivity index (χ4v) is 3.90. The molecule has 166 valence electrons. The van der Waals surface area contributed by atoms with Crippen molar-refractivity contribution in [3.8, 4) is 11.3 Å². The molecule has 0 saturated carbocycles. The van der Waals surface area contributed by atoms with Gasteiger partial charge in [0, 0.05) is 29.5 Å². The molecule has 0 atom stereocenters. The smallest absolute Gasteiger partial charge is 0.294 e. The Bertz CT molecular complexity index is 1280. The Morgan fingerprint density at radius 1 is 1.09 bits per heavy atom. The van der Waals surface area contributed by atoms with Gasteiger partial charge in [-0.05, 0) is 55.1 Å². The summed E-state index contributed by atoms with van der Waals surface area (Å²) in [6.07, 6.45) is 1.43. The van der Waals surface area contributed by atoms with E-state index in [9.17, 15) is 24.5 Å². The molecule has 3 aromatic rings. The Hall–Kier alpha value is -4.18. The molecule has 33 heavy (non-hydrogen) atoms. The van der Waals surface area contributed by atoms with Gasteiger partial charge in [0.1, 0.15) is 18.1 Å². The third kappa shape index (κ3) is 5.01. The van der Waals surface area contributed by atoms with Crippen molar-refractivity contribution in [3.63, 3.8) is 0 Å². The number of nitrogens with zero attached hydrogens (tertiary/aromatic N) is 2. The fourth-order valence-electron chi connectivity index (χ4n) is 3.08. The molecular formula is C23H17N3O6S. The summed E-state index contributed by atoms with van der Waals surface area (Å²) in [5.74, 6) is -0.288. The molecule has 0 spiro atoms. The molecule has 0 unspecified atom stereocenters. The molecule has 0 aliphatic carbocycles. The van der Waals surface area contributed by atoms with Crippen molar-refractivity contribution >= 4 is 46.3 Å². The van der Waals surface area contributed by atoms with Gasteiger partial charge in [0.25, 0.3) is 16.8 Å². The van der Waals surface area contributed by atoms with E-state index < -0.39 is 28.5 Å². The number of carbonyl (C=O) groups excluding carboxylic acids is 3. The van der Waals surface area contributed by atoms with Crippen molar-refractivity contribution in [3.05, 3.63) is 87.0 Å². The molecule has 3 amide bonds. The van der Waals surface area contributed by atoms with Crippen molar-refractivity contribution in [2.45, 2.75) is 6.92 Å². The largest absolute Gasteiger partial charge is 0.457 e. The minimum atomic E-state index is -0.586. The van der Waals surface area contributed by atoms with Crippen molar-refractivity contribution in [2.24, 2.45) is 0 Å². The first-order chi connectivity index (χ1) is 15.8. The number of amides is 3. The maximum Gasteiger partial charge on any atom is 0.294 e. The third-order valence-corrected chi connectivity index (χ3v) is 5.68. The summed E-state index contributed by atoms with van der Waals surface area (Å²) in [6, 6.07) is 16.3. The van der Waals surface area contributed by atoms with E-state index in [4.69, 9.17) is 4.42 Å². The first-order valence-electron chi connectivity index (χ1n) is 9.77. The van der Waals surface area contributed by atoms with E-state index >= 15 is 0 Å². The van der Waals surface area contributed by atoms with Gasteiger partial charge in [-0.1, -0.05) is 17.7 Å². The lowest BCUT2D eigenvalue weighted by molar-refractivity contribution is -0.384. The molecule has 1 fully saturated rings. The summed E-state index contributed by atoms with van der Waals surface area (Å²) in [5, 5.41) is 12.9. The molecule has 1 aliphatic heterocycles. The van der Waals surface area contributed by atoms with Gasteiger partial charge in [-0.15, -0.1) is 0 Å². The molecular weight excluding hydrogens is 446 g/mol. The number of nitro groups is 1. The van der Waals surface area contributed by atoms with Crippen LogP contribution in [0.4, 0.5) is 16.2 Å². The van der Waals surface area contributed by atoms with Gasteiger partial charge in [-0.3, -0.25) is 29.4 Å². The number of furan rings is 1. The lowest BCUT2D eigenvalue weighted by Crippen LogP contribution is -2.36. The van der Waals surface area contributed by atoms with Crippen molar-refractivity contribution in [1.82, 2.24) is 4.90 Å². The van der Waals surface area contributed by atoms with Gasteiger partial charge in [0.15, 0.2) is 0 Å². The number of hydrogen-bond donors (Lipinski definition) is 1. The second-order valence-corrected chi connectivity index (χ2v) is 8.18. The molecule has 9 nitrogen and oxygen atoms in total. The molecule has 1 aromatic heterocycles. The van der Waals surface area contributed by atoms with Gasteiger partial charge < -0.3 is 9.73 Å². The number of nitro benzene ring substituents is 1. The highest BCUT2D eigenvalue weighted by Gasteiger charge is 2.36. The SMILES string of the molecule is Cc1ccc(NC(=O)CN2C(=O)S/C(=C\c3ccc(-c4ccc([N+](=O)[O-])cc4)o3)C2=O)cc1. The number of carbonyl (C=O) groups is 3. The van der Waals surface area contributed by atoms with E-state index in [1.807, 2.05) is 19.1 Å². The van der Waals surface area contributed by atoms with Gasteiger partial charge >= 0.3 is 0 Å². The van der Waals surface area contributed by atoms with Gasteiger partial charge in [-0.25, -0.2) is 0 Å². The predicted octanol–water partition coefficient (Wildman–Crippen LogP) is 4.84. The number of nitrogens with one attached hydrogen (secondary N) is 1. The summed E-state index contributed by atoms with van der Waals surface area (Å²) in [6.45, 7) is 1.52. The van der Waals surface area contributed by atoms with E-state index in [0.717, 1.165) is 22.2 Å². The van der Waals surface area contributed by atoms with E-state index in [1.165, 1.54) is 18.2 Å². The molecule has 1 N–H and O–H groups in total. The summed E-state index contributed by atoms with van der Waals surface area (Å²) < 4.78 is 5.70. The van der Waals surface area contributed by atoms with Gasteiger partial charge in [-0.2, -0.15) is 0 Å². The molecule has 10 heteroatoms. The highest BCUT2D eigenvalue weighted by Crippen LogP contribution is 2.33. The fraction of sp³-hybridized carbons (Fsp3) is 0.0870. The number of aryl methyl sites for hydroxylation is 1. The number of imide groups is 1. The monoisotopic (exact) mass is 463 g/mol. The average molecular weight is 463 g/mol. The van der Waals surface area contributed by atoms with Crippen molar-refractivity contribution in [1.29, 1.82) is 0 Å². The number of thioether (sulfide) groups is 1. The van der Waals surface area contributed by atoms with Crippen LogP contribution in [0.2, 0.25) is 0 Å². The zero-order chi connectivity index (χ0) is 23.5. The number of non-ortho nitro benzene ring substituents is 1. The van der Waals surface area contributed by atoms with E-state index in [-0.39, 0.29) is 10.6 Å². The predicted molar refractivity (Wildman–Crippen MR) is 123 cm³/mol. The second-order valence-electron chi connectivity index (χ2n) is 7.19. The zero-order valence-corrected chi connectivity index (χ0v) is 18.1. The van der Waals surface area contributed by atoms with Crippen LogP contribution >= 0.6 is 11.8 Å². The summed E-state index contributed by atoms with van der Waals surface area (Å²) in [4.78, 5) is 48.5. The number of hydrogen-bond acceptors (Lipinski definition) is 7. The minimum absolute atomic E-state index is 0.0365. The first kappa shape index (κ1) is 22.0. The molecule has 4 rings (SSSR count). The van der Waals surface area contributed by atoms with Crippen LogP contribution in [0.1, 0.15) is 11.3 Å². The normalized spacial score (nSPS) is 14.7. The highest BCUT2D eigenvalue weighted by atomic mass is 32.2. The summed E-state index contributed by atoms with van der Waals surface area (Å²) in [7, 11) is 0. The van der Waals surface area contributed by atoms with Gasteiger partial charge in [0.2, 0.25) is 5.91 Å². The summed E-state index contributed by atoms with van der Waals surface area (Å²) in [5.41, 5.74) is 2.20. The Morgan fingerprint density at radius 3 is 2.45 bits per heavy atom. The molecule has 0 bridgehead atoms. The zero-order valence-electron chi connectivity index (χ0n) is 17.3. The van der Waals surface area contributed by atoms with E-state index in [1.54, 1.807) is 36.4 Å². The van der Waals surface area contributed by atoms with Crippen molar-refractivity contribution in [2.75, 3.05) is 11.9 Å². The third-order valence-electron chi connectivity index (χ3n) is 4.77. The molecule has 0 radical (unpaired) electrons. The van der Waals surface area contributed by atoms with Gasteiger partial charge in [0.05, 0.1) is 9.83 Å². The molecule has 2 aromatic carbocycles. The van der Waals surface area contributed by atoms with Crippen LogP contribution < -0.4 is 5.32 Å². The number of benzene rings is 2. The van der Waals surface area contributed by atoms with Crippen LogP contribution in [0.5, 0.6) is 0 Å². The van der Waals surface area contributed by atoms with Crippen molar-refractivity contribution < 1.29 is 23.7 Å². The van der Waals surface area contributed by atoms with Crippen LogP contribution in [0, 0.1) is 17.0 Å². The Kier molecular flexibility index (Phi) is 6.09. The molecule has 1 saturated heterocycles. The Balaban J connectivity index is 1.43. The van der Waals surface area contributed by atoms with Crippen LogP contribution in [-0.4, -0.2) is 33.4 Å².